The van der Waals surface area contributed by atoms with E-state index in [4.69, 9.17) is 9.93 Å². The van der Waals surface area contributed by atoms with Gasteiger partial charge in [0.1, 0.15) is 0 Å². The number of carbonyl (C=O) groups excluding carboxylic acids is 1. The number of nitrogens with zero attached hydrogens (tertiary/aromatic N) is 1. The minimum atomic E-state index is -0.218. The first-order valence-corrected chi connectivity index (χ1v) is 6.60. The van der Waals surface area contributed by atoms with Crippen molar-refractivity contribution in [2.24, 2.45) is 5.92 Å². The molecule has 1 aromatic carbocycles. The smallest absolute Gasteiger partial charge is 0.273 e. The van der Waals surface area contributed by atoms with Crippen LogP contribution >= 0.6 is 0 Å². The molecule has 20 heavy (non-hydrogen) atoms. The first-order chi connectivity index (χ1) is 9.76. The van der Waals surface area contributed by atoms with Crippen LogP contribution in [-0.2, 0) is 0 Å². The third-order valence-electron chi connectivity index (χ3n) is 3.55. The summed E-state index contributed by atoms with van der Waals surface area (Å²) in [5, 5.41) is 13.8. The van der Waals surface area contributed by atoms with E-state index in [9.17, 15) is 4.79 Å². The summed E-state index contributed by atoms with van der Waals surface area (Å²) < 4.78 is 5.20. The van der Waals surface area contributed by atoms with Crippen LogP contribution in [0.2, 0.25) is 0 Å². The lowest BCUT2D eigenvalue weighted by Crippen LogP contribution is -2.44. The molecule has 5 heteroatoms. The van der Waals surface area contributed by atoms with Crippen molar-refractivity contribution in [3.63, 3.8) is 0 Å². The first-order valence-electron chi connectivity index (χ1n) is 6.60. The molecular weight excluding hydrogens is 254 g/mol. The molecule has 1 aliphatic carbocycles. The molecule has 0 radical (unpaired) electrons. The SMILES string of the molecule is N=CC1CC(NC(=O)c2cc(-c3ccccc3)on2)C1. The van der Waals surface area contributed by atoms with Gasteiger partial charge in [-0.2, -0.15) is 0 Å². The van der Waals surface area contributed by atoms with E-state index in [1.165, 1.54) is 6.21 Å². The van der Waals surface area contributed by atoms with Crippen molar-refractivity contribution < 1.29 is 9.32 Å². The van der Waals surface area contributed by atoms with Crippen LogP contribution < -0.4 is 5.32 Å². The molecule has 0 bridgehead atoms. The van der Waals surface area contributed by atoms with E-state index in [0.29, 0.717) is 17.4 Å². The average molecular weight is 269 g/mol. The van der Waals surface area contributed by atoms with Crippen molar-refractivity contribution in [1.29, 1.82) is 5.41 Å². The maximum atomic E-state index is 12.0. The van der Waals surface area contributed by atoms with Gasteiger partial charge in [0.05, 0.1) is 0 Å². The Kier molecular flexibility index (Phi) is 3.33. The van der Waals surface area contributed by atoms with Gasteiger partial charge < -0.3 is 15.2 Å². The van der Waals surface area contributed by atoms with Gasteiger partial charge in [-0.25, -0.2) is 0 Å². The second-order valence-electron chi connectivity index (χ2n) is 5.01. The summed E-state index contributed by atoms with van der Waals surface area (Å²) in [4.78, 5) is 12.0. The zero-order valence-electron chi connectivity index (χ0n) is 10.9. The molecule has 1 heterocycles. The van der Waals surface area contributed by atoms with Crippen LogP contribution in [0.4, 0.5) is 0 Å². The van der Waals surface area contributed by atoms with Crippen molar-refractivity contribution in [1.82, 2.24) is 10.5 Å². The molecule has 0 spiro atoms. The molecule has 1 aliphatic rings. The number of aromatic nitrogens is 1. The molecule has 0 atom stereocenters. The lowest BCUT2D eigenvalue weighted by molar-refractivity contribution is 0.0898. The van der Waals surface area contributed by atoms with Crippen LogP contribution in [-0.4, -0.2) is 23.3 Å². The molecule has 1 amide bonds. The highest BCUT2D eigenvalue weighted by Gasteiger charge is 2.29. The lowest BCUT2D eigenvalue weighted by Gasteiger charge is -2.32. The molecule has 0 aliphatic heterocycles. The van der Waals surface area contributed by atoms with E-state index >= 15 is 0 Å². The van der Waals surface area contributed by atoms with Gasteiger partial charge >= 0.3 is 0 Å². The van der Waals surface area contributed by atoms with Crippen LogP contribution in [0.15, 0.2) is 40.9 Å². The number of hydrogen-bond donors (Lipinski definition) is 2. The standard InChI is InChI=1S/C15H15N3O2/c16-9-10-6-12(7-10)17-15(19)13-8-14(20-18-13)11-4-2-1-3-5-11/h1-5,8-10,12,16H,6-7H2,(H,17,19). The third kappa shape index (κ3) is 2.47. The summed E-state index contributed by atoms with van der Waals surface area (Å²) in [6.45, 7) is 0. The van der Waals surface area contributed by atoms with Crippen LogP contribution in [0.25, 0.3) is 11.3 Å². The first kappa shape index (κ1) is 12.6. The molecule has 0 saturated heterocycles. The molecule has 1 fully saturated rings. The monoisotopic (exact) mass is 269 g/mol. The number of carbonyl (C=O) groups is 1. The molecule has 1 saturated carbocycles. The average Bonchev–Trinajstić information content (AvgIpc) is 2.93. The van der Waals surface area contributed by atoms with E-state index in [1.54, 1.807) is 6.07 Å². The lowest BCUT2D eigenvalue weighted by atomic mass is 9.81. The number of benzene rings is 1. The van der Waals surface area contributed by atoms with E-state index in [2.05, 4.69) is 10.5 Å². The molecule has 102 valence electrons. The van der Waals surface area contributed by atoms with Gasteiger partial charge in [-0.15, -0.1) is 0 Å². The zero-order chi connectivity index (χ0) is 13.9. The maximum Gasteiger partial charge on any atom is 0.273 e. The van der Waals surface area contributed by atoms with Gasteiger partial charge in [0, 0.05) is 17.7 Å². The Labute approximate surface area is 116 Å². The van der Waals surface area contributed by atoms with Crippen LogP contribution in [0.3, 0.4) is 0 Å². The summed E-state index contributed by atoms with van der Waals surface area (Å²) in [5.74, 6) is 0.670. The van der Waals surface area contributed by atoms with Crippen molar-refractivity contribution in [3.8, 4) is 11.3 Å². The quantitative estimate of drug-likeness (QED) is 0.837. The summed E-state index contributed by atoms with van der Waals surface area (Å²) >= 11 is 0. The van der Waals surface area contributed by atoms with Crippen LogP contribution in [0.1, 0.15) is 23.3 Å². The predicted octanol–water partition coefficient (Wildman–Crippen LogP) is 2.50. The van der Waals surface area contributed by atoms with Crippen molar-refractivity contribution >= 4 is 12.1 Å². The molecule has 3 rings (SSSR count). The molecular formula is C15H15N3O2. The fourth-order valence-electron chi connectivity index (χ4n) is 2.30. The van der Waals surface area contributed by atoms with Crippen molar-refractivity contribution in [3.05, 3.63) is 42.1 Å². The molecule has 5 nitrogen and oxygen atoms in total. The van der Waals surface area contributed by atoms with E-state index in [-0.39, 0.29) is 11.9 Å². The summed E-state index contributed by atoms with van der Waals surface area (Å²) in [6, 6.07) is 11.3. The summed E-state index contributed by atoms with van der Waals surface area (Å²) in [7, 11) is 0. The van der Waals surface area contributed by atoms with Crippen molar-refractivity contribution in [2.45, 2.75) is 18.9 Å². The number of amides is 1. The maximum absolute atomic E-state index is 12.0. The highest BCUT2D eigenvalue weighted by Crippen LogP contribution is 2.26. The van der Waals surface area contributed by atoms with Crippen LogP contribution in [0, 0.1) is 11.3 Å². The molecule has 2 aromatic rings. The Balaban J connectivity index is 1.65. The third-order valence-corrected chi connectivity index (χ3v) is 3.55. The minimum absolute atomic E-state index is 0.144. The number of hydrogen-bond acceptors (Lipinski definition) is 4. The fourth-order valence-corrected chi connectivity index (χ4v) is 2.30. The number of rotatable bonds is 4. The Bertz CT molecular complexity index is 615. The van der Waals surface area contributed by atoms with Gasteiger partial charge in [0.2, 0.25) is 0 Å². The second-order valence-corrected chi connectivity index (χ2v) is 5.01. The zero-order valence-corrected chi connectivity index (χ0v) is 10.9. The Morgan fingerprint density at radius 1 is 1.35 bits per heavy atom. The Morgan fingerprint density at radius 3 is 2.80 bits per heavy atom. The predicted molar refractivity (Wildman–Crippen MR) is 74.7 cm³/mol. The van der Waals surface area contributed by atoms with Gasteiger partial charge in [0.15, 0.2) is 11.5 Å². The van der Waals surface area contributed by atoms with Gasteiger partial charge in [-0.3, -0.25) is 4.79 Å². The topological polar surface area (TPSA) is 79.0 Å². The van der Waals surface area contributed by atoms with E-state index in [1.807, 2.05) is 30.3 Å². The molecule has 2 N–H and O–H groups in total. The normalized spacial score (nSPS) is 21.0. The summed E-state index contributed by atoms with van der Waals surface area (Å²) in [6.07, 6.45) is 3.10. The second kappa shape index (κ2) is 5.28. The molecule has 1 aromatic heterocycles. The Morgan fingerprint density at radius 2 is 2.10 bits per heavy atom. The molecule has 0 unspecified atom stereocenters. The largest absolute Gasteiger partial charge is 0.355 e. The van der Waals surface area contributed by atoms with Gasteiger partial charge in [0.25, 0.3) is 5.91 Å². The highest BCUT2D eigenvalue weighted by atomic mass is 16.5. The van der Waals surface area contributed by atoms with Crippen LogP contribution in [0.5, 0.6) is 0 Å². The van der Waals surface area contributed by atoms with E-state index in [0.717, 1.165) is 18.4 Å². The summed E-state index contributed by atoms with van der Waals surface area (Å²) in [5.41, 5.74) is 1.19. The highest BCUT2D eigenvalue weighted by molar-refractivity contribution is 5.93. The van der Waals surface area contributed by atoms with Gasteiger partial charge in [-0.05, 0) is 25.0 Å². The number of nitrogens with one attached hydrogen (secondary N) is 2. The van der Waals surface area contributed by atoms with Gasteiger partial charge in [-0.1, -0.05) is 35.5 Å². The Hall–Kier alpha value is -2.43. The fraction of sp³-hybridized carbons (Fsp3) is 0.267. The minimum Gasteiger partial charge on any atom is -0.355 e. The van der Waals surface area contributed by atoms with E-state index < -0.39 is 0 Å². The van der Waals surface area contributed by atoms with Crippen molar-refractivity contribution in [2.75, 3.05) is 0 Å².